The molecule has 0 radical (unpaired) electrons. The first-order chi connectivity index (χ1) is 12.9. The molecule has 0 aliphatic carbocycles. The van der Waals surface area contributed by atoms with Gasteiger partial charge in [-0.05, 0) is 45.7 Å². The first kappa shape index (κ1) is 19.9. The van der Waals surface area contributed by atoms with Crippen LogP contribution in [0.15, 0.2) is 17.1 Å². The Morgan fingerprint density at radius 3 is 2.74 bits per heavy atom. The molecule has 6 nitrogen and oxygen atoms in total. The molecule has 2 heterocycles. The van der Waals surface area contributed by atoms with Crippen LogP contribution in [0.5, 0.6) is 5.75 Å². The molecule has 0 bridgehead atoms. The van der Waals surface area contributed by atoms with E-state index in [4.69, 9.17) is 14.2 Å². The third kappa shape index (κ3) is 5.32. The van der Waals surface area contributed by atoms with Gasteiger partial charge in [0.2, 0.25) is 0 Å². The zero-order valence-corrected chi connectivity index (χ0v) is 16.7. The van der Waals surface area contributed by atoms with Crippen LogP contribution in [0, 0.1) is 5.82 Å². The number of piperidine rings is 1. The molecule has 1 N–H and O–H groups in total. The van der Waals surface area contributed by atoms with Crippen LogP contribution < -0.4 is 10.1 Å². The van der Waals surface area contributed by atoms with Crippen LogP contribution in [0.25, 0.3) is 0 Å². The van der Waals surface area contributed by atoms with E-state index in [0.29, 0.717) is 18.9 Å². The molecule has 0 aromatic heterocycles. The maximum atomic E-state index is 13.9. The van der Waals surface area contributed by atoms with Crippen LogP contribution in [0.3, 0.4) is 0 Å². The van der Waals surface area contributed by atoms with Gasteiger partial charge in [0.15, 0.2) is 12.8 Å². The van der Waals surface area contributed by atoms with Crippen molar-refractivity contribution in [3.63, 3.8) is 0 Å². The highest BCUT2D eigenvalue weighted by Crippen LogP contribution is 2.29. The Kier molecular flexibility index (Phi) is 6.22. The summed E-state index contributed by atoms with van der Waals surface area (Å²) >= 11 is 0. The second-order valence-electron chi connectivity index (χ2n) is 7.98. The average molecular weight is 379 g/mol. The summed E-state index contributed by atoms with van der Waals surface area (Å²) in [6, 6.07) is 2.97. The van der Waals surface area contributed by atoms with E-state index in [1.807, 2.05) is 0 Å². The zero-order chi connectivity index (χ0) is 19.4. The monoisotopic (exact) mass is 379 g/mol. The SMILES string of the molecule is CN=C(NCc1cc(F)cc2c1OCOC2)N1CCC(OC(C)(C)C)CC1. The number of guanidine groups is 1. The summed E-state index contributed by atoms with van der Waals surface area (Å²) in [5.74, 6) is 1.24. The van der Waals surface area contributed by atoms with Gasteiger partial charge in [0.1, 0.15) is 11.6 Å². The van der Waals surface area contributed by atoms with Crippen molar-refractivity contribution in [1.82, 2.24) is 10.2 Å². The van der Waals surface area contributed by atoms with E-state index in [0.717, 1.165) is 43.0 Å². The lowest BCUT2D eigenvalue weighted by atomic mass is 10.1. The standard InChI is InChI=1S/C20H30FN3O3/c1-20(2,3)27-17-5-7-24(8-6-17)19(22-4)23-11-14-9-16(21)10-15-12-25-13-26-18(14)15/h9-10,17H,5-8,11-13H2,1-4H3,(H,22,23). The van der Waals surface area contributed by atoms with E-state index >= 15 is 0 Å². The third-order valence-electron chi connectivity index (χ3n) is 4.66. The van der Waals surface area contributed by atoms with Gasteiger partial charge in [-0.25, -0.2) is 4.39 Å². The lowest BCUT2D eigenvalue weighted by Gasteiger charge is -2.37. The van der Waals surface area contributed by atoms with Crippen molar-refractivity contribution < 1.29 is 18.6 Å². The van der Waals surface area contributed by atoms with Gasteiger partial charge in [-0.15, -0.1) is 0 Å². The summed E-state index contributed by atoms with van der Waals surface area (Å²) in [4.78, 5) is 6.61. The fraction of sp³-hybridized carbons (Fsp3) is 0.650. The average Bonchev–Trinajstić information content (AvgIpc) is 2.62. The van der Waals surface area contributed by atoms with Gasteiger partial charge in [0.25, 0.3) is 0 Å². The van der Waals surface area contributed by atoms with Crippen molar-refractivity contribution in [2.75, 3.05) is 26.9 Å². The molecule has 0 saturated carbocycles. The van der Waals surface area contributed by atoms with Crippen molar-refractivity contribution >= 4 is 5.96 Å². The van der Waals surface area contributed by atoms with Crippen LogP contribution in [-0.4, -0.2) is 49.5 Å². The number of fused-ring (bicyclic) bond motifs is 1. The molecule has 0 spiro atoms. The van der Waals surface area contributed by atoms with E-state index in [1.54, 1.807) is 7.05 Å². The number of nitrogens with one attached hydrogen (secondary N) is 1. The topological polar surface area (TPSA) is 55.3 Å². The van der Waals surface area contributed by atoms with Gasteiger partial charge in [-0.1, -0.05) is 0 Å². The van der Waals surface area contributed by atoms with E-state index < -0.39 is 0 Å². The third-order valence-corrected chi connectivity index (χ3v) is 4.66. The number of hydrogen-bond acceptors (Lipinski definition) is 4. The summed E-state index contributed by atoms with van der Waals surface area (Å²) in [5, 5.41) is 3.34. The summed E-state index contributed by atoms with van der Waals surface area (Å²) < 4.78 is 30.8. The Morgan fingerprint density at radius 1 is 1.33 bits per heavy atom. The van der Waals surface area contributed by atoms with Gasteiger partial charge < -0.3 is 24.4 Å². The quantitative estimate of drug-likeness (QED) is 0.646. The minimum atomic E-state index is -0.283. The van der Waals surface area contributed by atoms with Crippen LogP contribution >= 0.6 is 0 Å². The van der Waals surface area contributed by atoms with Gasteiger partial charge in [0, 0.05) is 37.8 Å². The van der Waals surface area contributed by atoms with Crippen LogP contribution in [0.2, 0.25) is 0 Å². The van der Waals surface area contributed by atoms with Crippen molar-refractivity contribution in [3.05, 3.63) is 29.1 Å². The highest BCUT2D eigenvalue weighted by Gasteiger charge is 2.26. The number of ether oxygens (including phenoxy) is 3. The Bertz CT molecular complexity index is 680. The molecule has 7 heteroatoms. The summed E-state index contributed by atoms with van der Waals surface area (Å²) in [6.45, 7) is 9.05. The number of hydrogen-bond donors (Lipinski definition) is 1. The van der Waals surface area contributed by atoms with Crippen LogP contribution in [0.4, 0.5) is 4.39 Å². The molecule has 1 saturated heterocycles. The van der Waals surface area contributed by atoms with Gasteiger partial charge in [-0.2, -0.15) is 0 Å². The molecule has 1 fully saturated rings. The first-order valence-electron chi connectivity index (χ1n) is 9.51. The van der Waals surface area contributed by atoms with Crippen molar-refractivity contribution in [3.8, 4) is 5.75 Å². The summed E-state index contributed by atoms with van der Waals surface area (Å²) in [5.41, 5.74) is 1.40. The van der Waals surface area contributed by atoms with Crippen molar-refractivity contribution in [2.24, 2.45) is 4.99 Å². The molecule has 1 aromatic carbocycles. The van der Waals surface area contributed by atoms with Crippen LogP contribution in [-0.2, 0) is 22.6 Å². The molecule has 27 heavy (non-hydrogen) atoms. The summed E-state index contributed by atoms with van der Waals surface area (Å²) in [6.07, 6.45) is 2.21. The number of rotatable bonds is 3. The van der Waals surface area contributed by atoms with Crippen LogP contribution in [0.1, 0.15) is 44.7 Å². The highest BCUT2D eigenvalue weighted by atomic mass is 19.1. The van der Waals surface area contributed by atoms with Crippen molar-refractivity contribution in [2.45, 2.75) is 58.5 Å². The Hall–Kier alpha value is -1.86. The van der Waals surface area contributed by atoms with E-state index in [-0.39, 0.29) is 24.3 Å². The maximum absolute atomic E-state index is 13.9. The molecule has 2 aliphatic heterocycles. The Balaban J connectivity index is 1.59. The predicted molar refractivity (Wildman–Crippen MR) is 102 cm³/mol. The number of aliphatic imine (C=N–C) groups is 1. The molecule has 0 unspecified atom stereocenters. The maximum Gasteiger partial charge on any atom is 0.193 e. The molecule has 2 aliphatic rings. The summed E-state index contributed by atoms with van der Waals surface area (Å²) in [7, 11) is 1.77. The largest absolute Gasteiger partial charge is 0.467 e. The minimum Gasteiger partial charge on any atom is -0.467 e. The van der Waals surface area contributed by atoms with Gasteiger partial charge >= 0.3 is 0 Å². The Morgan fingerprint density at radius 2 is 2.07 bits per heavy atom. The number of benzene rings is 1. The second-order valence-corrected chi connectivity index (χ2v) is 7.98. The molecule has 3 rings (SSSR count). The highest BCUT2D eigenvalue weighted by molar-refractivity contribution is 5.80. The predicted octanol–water partition coefficient (Wildman–Crippen LogP) is 3.05. The van der Waals surface area contributed by atoms with E-state index in [1.165, 1.54) is 12.1 Å². The number of halogens is 1. The van der Waals surface area contributed by atoms with Gasteiger partial charge in [0.05, 0.1) is 18.3 Å². The lowest BCUT2D eigenvalue weighted by molar-refractivity contribution is -0.0772. The second kappa shape index (κ2) is 8.44. The lowest BCUT2D eigenvalue weighted by Crippen LogP contribution is -2.47. The zero-order valence-electron chi connectivity index (χ0n) is 16.7. The molecule has 0 amide bonds. The molecular formula is C20H30FN3O3. The normalized spacial score (nSPS) is 18.9. The molecular weight excluding hydrogens is 349 g/mol. The van der Waals surface area contributed by atoms with Gasteiger partial charge in [-0.3, -0.25) is 4.99 Å². The molecule has 150 valence electrons. The first-order valence-corrected chi connectivity index (χ1v) is 9.51. The number of nitrogens with zero attached hydrogens (tertiary/aromatic N) is 2. The fourth-order valence-corrected chi connectivity index (χ4v) is 3.58. The van der Waals surface area contributed by atoms with E-state index in [9.17, 15) is 4.39 Å². The van der Waals surface area contributed by atoms with E-state index in [2.05, 4.69) is 36.0 Å². The van der Waals surface area contributed by atoms with Crippen molar-refractivity contribution in [1.29, 1.82) is 0 Å². The molecule has 0 atom stereocenters. The minimum absolute atomic E-state index is 0.118. The number of likely N-dealkylation sites (tertiary alicyclic amines) is 1. The smallest absolute Gasteiger partial charge is 0.193 e. The fourth-order valence-electron chi connectivity index (χ4n) is 3.58. The Labute approximate surface area is 160 Å². The molecule has 1 aromatic rings.